The van der Waals surface area contributed by atoms with Gasteiger partial charge in [0.1, 0.15) is 0 Å². The molecular formula is C10H16N2O4. The Morgan fingerprint density at radius 1 is 1.62 bits per heavy atom. The van der Waals surface area contributed by atoms with Gasteiger partial charge in [0.05, 0.1) is 6.54 Å². The number of carboxylic acids is 1. The molecule has 90 valence electrons. The smallest absolute Gasteiger partial charge is 0.358 e. The number of hydrogen-bond donors (Lipinski definition) is 2. The van der Waals surface area contributed by atoms with Crippen LogP contribution in [0.25, 0.3) is 0 Å². The van der Waals surface area contributed by atoms with Crippen LogP contribution in [0.3, 0.4) is 0 Å². The number of methoxy groups -OCH3 is 1. The van der Waals surface area contributed by atoms with E-state index >= 15 is 0 Å². The van der Waals surface area contributed by atoms with E-state index in [1.807, 2.05) is 0 Å². The Balaban J connectivity index is 2.14. The van der Waals surface area contributed by atoms with Gasteiger partial charge in [-0.25, -0.2) is 4.79 Å². The third-order valence-corrected chi connectivity index (χ3v) is 2.03. The second-order valence-corrected chi connectivity index (χ2v) is 3.36. The lowest BCUT2D eigenvalue weighted by Crippen LogP contribution is -2.14. The fraction of sp³-hybridized carbons (Fsp3) is 0.600. The maximum Gasteiger partial charge on any atom is 0.358 e. The molecule has 0 bridgehead atoms. The highest BCUT2D eigenvalue weighted by molar-refractivity contribution is 5.85. The normalized spacial score (nSPS) is 10.6. The quantitative estimate of drug-likeness (QED) is 0.643. The van der Waals surface area contributed by atoms with Crippen molar-refractivity contribution in [1.29, 1.82) is 0 Å². The molecule has 1 rings (SSSR count). The standard InChI is InChI=1S/C10H16N2O4/c1-15-5-3-2-4-11-7-8-6-9(10(13)14)12-16-8/h6,11H,2-5,7H2,1H3,(H,13,14). The van der Waals surface area contributed by atoms with E-state index in [-0.39, 0.29) is 5.69 Å². The molecule has 0 spiro atoms. The molecule has 1 aromatic rings. The zero-order chi connectivity index (χ0) is 11.8. The zero-order valence-electron chi connectivity index (χ0n) is 9.23. The molecule has 2 N–H and O–H groups in total. The lowest BCUT2D eigenvalue weighted by molar-refractivity contribution is 0.0685. The minimum atomic E-state index is -1.07. The van der Waals surface area contributed by atoms with E-state index in [0.29, 0.717) is 12.3 Å². The maximum atomic E-state index is 10.5. The highest BCUT2D eigenvalue weighted by Gasteiger charge is 2.09. The predicted octanol–water partition coefficient (Wildman–Crippen LogP) is 0.889. The molecule has 6 nitrogen and oxygen atoms in total. The molecule has 0 fully saturated rings. The SMILES string of the molecule is COCCCCNCc1cc(C(=O)O)no1. The molecule has 0 aromatic carbocycles. The van der Waals surface area contributed by atoms with Crippen molar-refractivity contribution in [2.75, 3.05) is 20.3 Å². The summed E-state index contributed by atoms with van der Waals surface area (Å²) in [4.78, 5) is 10.5. The summed E-state index contributed by atoms with van der Waals surface area (Å²) in [5.41, 5.74) is -0.0591. The van der Waals surface area contributed by atoms with Gasteiger partial charge in [0.2, 0.25) is 0 Å². The van der Waals surface area contributed by atoms with Gasteiger partial charge in [-0.3, -0.25) is 0 Å². The van der Waals surface area contributed by atoms with E-state index < -0.39 is 5.97 Å². The van der Waals surface area contributed by atoms with E-state index in [0.717, 1.165) is 26.0 Å². The van der Waals surface area contributed by atoms with Crippen LogP contribution in [0, 0.1) is 0 Å². The van der Waals surface area contributed by atoms with Crippen molar-refractivity contribution in [3.05, 3.63) is 17.5 Å². The van der Waals surface area contributed by atoms with Crippen molar-refractivity contribution in [3.8, 4) is 0 Å². The van der Waals surface area contributed by atoms with Crippen LogP contribution in [-0.2, 0) is 11.3 Å². The van der Waals surface area contributed by atoms with Crippen molar-refractivity contribution in [2.45, 2.75) is 19.4 Å². The number of nitrogens with one attached hydrogen (secondary N) is 1. The fourth-order valence-corrected chi connectivity index (χ4v) is 1.21. The Morgan fingerprint density at radius 3 is 3.06 bits per heavy atom. The van der Waals surface area contributed by atoms with Crippen molar-refractivity contribution < 1.29 is 19.2 Å². The van der Waals surface area contributed by atoms with Gasteiger partial charge in [0, 0.05) is 19.8 Å². The molecule has 0 aliphatic carbocycles. The third-order valence-electron chi connectivity index (χ3n) is 2.03. The highest BCUT2D eigenvalue weighted by Crippen LogP contribution is 2.02. The molecule has 0 saturated carbocycles. The number of aromatic carboxylic acids is 1. The van der Waals surface area contributed by atoms with E-state index in [1.165, 1.54) is 6.07 Å². The van der Waals surface area contributed by atoms with Gasteiger partial charge in [-0.2, -0.15) is 0 Å². The van der Waals surface area contributed by atoms with Crippen molar-refractivity contribution >= 4 is 5.97 Å². The molecule has 1 heterocycles. The zero-order valence-corrected chi connectivity index (χ0v) is 9.23. The summed E-state index contributed by atoms with van der Waals surface area (Å²) in [6.45, 7) is 2.09. The van der Waals surface area contributed by atoms with Crippen LogP contribution >= 0.6 is 0 Å². The minimum absolute atomic E-state index is 0.0591. The summed E-state index contributed by atoms with van der Waals surface area (Å²) in [5.74, 6) is -0.542. The maximum absolute atomic E-state index is 10.5. The number of carboxylic acid groups (broad SMARTS) is 1. The van der Waals surface area contributed by atoms with Gasteiger partial charge in [-0.05, 0) is 19.4 Å². The van der Waals surface area contributed by atoms with Crippen LogP contribution < -0.4 is 5.32 Å². The van der Waals surface area contributed by atoms with Gasteiger partial charge in [-0.1, -0.05) is 5.16 Å². The summed E-state index contributed by atoms with van der Waals surface area (Å²) in [6.07, 6.45) is 2.01. The first kappa shape index (κ1) is 12.7. The topological polar surface area (TPSA) is 84.6 Å². The summed E-state index contributed by atoms with van der Waals surface area (Å²) < 4.78 is 9.75. The van der Waals surface area contributed by atoms with Crippen LogP contribution in [0.4, 0.5) is 0 Å². The number of unbranched alkanes of at least 4 members (excludes halogenated alkanes) is 1. The van der Waals surface area contributed by atoms with Crippen LogP contribution in [0.2, 0.25) is 0 Å². The predicted molar refractivity (Wildman–Crippen MR) is 56.3 cm³/mol. The largest absolute Gasteiger partial charge is 0.476 e. The Bertz CT molecular complexity index is 324. The third kappa shape index (κ3) is 4.41. The number of ether oxygens (including phenoxy) is 1. The number of rotatable bonds is 8. The van der Waals surface area contributed by atoms with Crippen LogP contribution in [0.5, 0.6) is 0 Å². The van der Waals surface area contributed by atoms with Gasteiger partial charge < -0.3 is 19.7 Å². The van der Waals surface area contributed by atoms with E-state index in [4.69, 9.17) is 14.4 Å². The minimum Gasteiger partial charge on any atom is -0.476 e. The molecule has 0 aliphatic heterocycles. The fourth-order valence-electron chi connectivity index (χ4n) is 1.21. The lowest BCUT2D eigenvalue weighted by atomic mass is 10.3. The average Bonchev–Trinajstić information content (AvgIpc) is 2.72. The Hall–Kier alpha value is -1.40. The van der Waals surface area contributed by atoms with E-state index in [2.05, 4.69) is 10.5 Å². The Kier molecular flexibility index (Phi) is 5.52. The number of carbonyl (C=O) groups is 1. The number of nitrogens with zero attached hydrogens (tertiary/aromatic N) is 1. The van der Waals surface area contributed by atoms with E-state index in [1.54, 1.807) is 7.11 Å². The second kappa shape index (κ2) is 6.97. The van der Waals surface area contributed by atoms with Crippen LogP contribution in [-0.4, -0.2) is 36.5 Å². The Labute approximate surface area is 93.6 Å². The molecule has 0 aliphatic rings. The molecule has 6 heteroatoms. The first-order chi connectivity index (χ1) is 7.74. The molecule has 0 saturated heterocycles. The summed E-state index contributed by atoms with van der Waals surface area (Å²) in [5, 5.41) is 15.2. The average molecular weight is 228 g/mol. The molecule has 0 radical (unpaired) electrons. The highest BCUT2D eigenvalue weighted by atomic mass is 16.5. The van der Waals surface area contributed by atoms with Crippen molar-refractivity contribution in [3.63, 3.8) is 0 Å². The van der Waals surface area contributed by atoms with Crippen LogP contribution in [0.15, 0.2) is 10.6 Å². The van der Waals surface area contributed by atoms with Crippen molar-refractivity contribution in [1.82, 2.24) is 10.5 Å². The molecule has 0 amide bonds. The molecule has 0 unspecified atom stereocenters. The first-order valence-electron chi connectivity index (χ1n) is 5.12. The van der Waals surface area contributed by atoms with Gasteiger partial charge in [0.25, 0.3) is 0 Å². The second-order valence-electron chi connectivity index (χ2n) is 3.36. The molecule has 16 heavy (non-hydrogen) atoms. The Morgan fingerprint density at radius 2 is 2.44 bits per heavy atom. The van der Waals surface area contributed by atoms with E-state index in [9.17, 15) is 4.79 Å². The molecular weight excluding hydrogens is 212 g/mol. The van der Waals surface area contributed by atoms with Crippen LogP contribution in [0.1, 0.15) is 29.1 Å². The number of hydrogen-bond acceptors (Lipinski definition) is 5. The van der Waals surface area contributed by atoms with Gasteiger partial charge >= 0.3 is 5.97 Å². The first-order valence-corrected chi connectivity index (χ1v) is 5.12. The van der Waals surface area contributed by atoms with Gasteiger partial charge in [-0.15, -0.1) is 0 Å². The van der Waals surface area contributed by atoms with Gasteiger partial charge in [0.15, 0.2) is 11.5 Å². The number of aromatic nitrogens is 1. The summed E-state index contributed by atoms with van der Waals surface area (Å²) in [6, 6.07) is 1.42. The molecule has 0 atom stereocenters. The molecule has 1 aromatic heterocycles. The summed E-state index contributed by atoms with van der Waals surface area (Å²) >= 11 is 0. The van der Waals surface area contributed by atoms with Crippen molar-refractivity contribution in [2.24, 2.45) is 0 Å². The lowest BCUT2D eigenvalue weighted by Gasteiger charge is -2.01. The monoisotopic (exact) mass is 228 g/mol. The summed E-state index contributed by atoms with van der Waals surface area (Å²) in [7, 11) is 1.68.